The number of rotatable bonds is 9. The van der Waals surface area contributed by atoms with Crippen LogP contribution in [0.5, 0.6) is 0 Å². The van der Waals surface area contributed by atoms with Crippen LogP contribution in [-0.2, 0) is 4.79 Å². The van der Waals surface area contributed by atoms with E-state index in [-0.39, 0.29) is 5.91 Å². The van der Waals surface area contributed by atoms with E-state index < -0.39 is 0 Å². The first kappa shape index (κ1) is 15.5. The van der Waals surface area contributed by atoms with Crippen molar-refractivity contribution in [3.8, 4) is 0 Å². The molecule has 0 saturated heterocycles. The van der Waals surface area contributed by atoms with Crippen LogP contribution in [0.2, 0.25) is 0 Å². The molecule has 1 saturated carbocycles. The lowest BCUT2D eigenvalue weighted by molar-refractivity contribution is -0.118. The molecule has 2 rings (SSSR count). The summed E-state index contributed by atoms with van der Waals surface area (Å²) in [5.74, 6) is 3.06. The van der Waals surface area contributed by atoms with Gasteiger partial charge in [-0.15, -0.1) is 0 Å². The van der Waals surface area contributed by atoms with E-state index in [1.807, 2.05) is 6.92 Å². The minimum Gasteiger partial charge on any atom is -0.370 e. The lowest BCUT2D eigenvalue weighted by Crippen LogP contribution is -2.13. The number of hydrogen-bond acceptors (Lipinski definition) is 5. The number of carbonyl (C=O) groups is 1. The second-order valence-corrected chi connectivity index (χ2v) is 5.56. The van der Waals surface area contributed by atoms with Gasteiger partial charge < -0.3 is 16.4 Å². The van der Waals surface area contributed by atoms with Crippen molar-refractivity contribution < 1.29 is 4.79 Å². The molecular weight excluding hydrogens is 266 g/mol. The van der Waals surface area contributed by atoms with Gasteiger partial charge in [0.1, 0.15) is 17.5 Å². The van der Waals surface area contributed by atoms with E-state index in [0.29, 0.717) is 12.3 Å². The Labute approximate surface area is 125 Å². The summed E-state index contributed by atoms with van der Waals surface area (Å²) in [5, 5.41) is 6.67. The van der Waals surface area contributed by atoms with Crippen LogP contribution in [0.3, 0.4) is 0 Å². The summed E-state index contributed by atoms with van der Waals surface area (Å²) < 4.78 is 0. The van der Waals surface area contributed by atoms with Crippen molar-refractivity contribution in [1.29, 1.82) is 0 Å². The molecule has 1 fully saturated rings. The van der Waals surface area contributed by atoms with Crippen LogP contribution >= 0.6 is 0 Å². The number of nitrogens with zero attached hydrogens (tertiary/aromatic N) is 2. The number of unbranched alkanes of at least 4 members (excludes halogenated alkanes) is 1. The first-order chi connectivity index (χ1) is 10.1. The Morgan fingerprint density at radius 3 is 2.48 bits per heavy atom. The molecular formula is C15H25N5O. The van der Waals surface area contributed by atoms with Gasteiger partial charge in [0.2, 0.25) is 5.91 Å². The Bertz CT molecular complexity index is 499. The molecule has 1 aliphatic carbocycles. The summed E-state index contributed by atoms with van der Waals surface area (Å²) in [7, 11) is 0. The summed E-state index contributed by atoms with van der Waals surface area (Å²) in [6, 6.07) is 0. The maximum Gasteiger partial charge on any atom is 0.217 e. The van der Waals surface area contributed by atoms with Gasteiger partial charge in [-0.1, -0.05) is 0 Å². The van der Waals surface area contributed by atoms with Crippen molar-refractivity contribution in [3.63, 3.8) is 0 Å². The quantitative estimate of drug-likeness (QED) is 0.606. The second kappa shape index (κ2) is 7.24. The topological polar surface area (TPSA) is 92.9 Å². The summed E-state index contributed by atoms with van der Waals surface area (Å²) in [6.45, 7) is 5.73. The van der Waals surface area contributed by atoms with Gasteiger partial charge in [-0.2, -0.15) is 0 Å². The van der Waals surface area contributed by atoms with E-state index in [1.165, 1.54) is 12.8 Å². The number of nitrogens with one attached hydrogen (secondary N) is 2. The number of aromatic nitrogens is 2. The third-order valence-corrected chi connectivity index (χ3v) is 3.59. The molecule has 1 aromatic rings. The number of carbonyl (C=O) groups excluding carboxylic acids is 1. The van der Waals surface area contributed by atoms with E-state index in [0.717, 1.165) is 49.0 Å². The van der Waals surface area contributed by atoms with Crippen LogP contribution in [0.15, 0.2) is 0 Å². The molecule has 0 aliphatic heterocycles. The summed E-state index contributed by atoms with van der Waals surface area (Å²) in [6.07, 6.45) is 4.53. The Balaban J connectivity index is 1.98. The fraction of sp³-hybridized carbons (Fsp3) is 0.667. The van der Waals surface area contributed by atoms with Crippen LogP contribution in [0.25, 0.3) is 0 Å². The normalized spacial score (nSPS) is 14.0. The number of hydrogen-bond donors (Lipinski definition) is 3. The Hall–Kier alpha value is -1.85. The summed E-state index contributed by atoms with van der Waals surface area (Å²) >= 11 is 0. The van der Waals surface area contributed by atoms with Gasteiger partial charge >= 0.3 is 0 Å². The third kappa shape index (κ3) is 4.58. The van der Waals surface area contributed by atoms with E-state index in [1.54, 1.807) is 0 Å². The highest BCUT2D eigenvalue weighted by atomic mass is 16.1. The largest absolute Gasteiger partial charge is 0.370 e. The number of primary amides is 1. The average Bonchev–Trinajstić information content (AvgIpc) is 3.26. The molecule has 1 heterocycles. The van der Waals surface area contributed by atoms with Crippen molar-refractivity contribution in [2.45, 2.75) is 51.9 Å². The van der Waals surface area contributed by atoms with Crippen molar-refractivity contribution in [2.75, 3.05) is 23.7 Å². The van der Waals surface area contributed by atoms with Gasteiger partial charge in [0, 0.05) is 31.0 Å². The van der Waals surface area contributed by atoms with Crippen molar-refractivity contribution in [1.82, 2.24) is 9.97 Å². The lowest BCUT2D eigenvalue weighted by Gasteiger charge is -2.14. The lowest BCUT2D eigenvalue weighted by atomic mass is 10.2. The standard InChI is InChI=1S/C15H25N5O/c1-3-17-13-10(2)14(18-9-5-4-6-12(16)21)20-15(19-13)11-7-8-11/h11H,3-9H2,1-2H3,(H2,16,21)(H2,17,18,19,20). The molecule has 6 nitrogen and oxygen atoms in total. The zero-order valence-electron chi connectivity index (χ0n) is 12.9. The molecule has 1 aromatic heterocycles. The number of amides is 1. The Kier molecular flexibility index (Phi) is 5.36. The first-order valence-corrected chi connectivity index (χ1v) is 7.76. The SMILES string of the molecule is CCNc1nc(C2CC2)nc(NCCCCC(N)=O)c1C. The van der Waals surface area contributed by atoms with Gasteiger partial charge in [-0.05, 0) is 39.5 Å². The first-order valence-electron chi connectivity index (χ1n) is 7.76. The third-order valence-electron chi connectivity index (χ3n) is 3.59. The molecule has 6 heteroatoms. The highest BCUT2D eigenvalue weighted by Gasteiger charge is 2.28. The van der Waals surface area contributed by atoms with E-state index in [9.17, 15) is 4.79 Å². The predicted octanol–water partition coefficient (Wildman–Crippen LogP) is 2.16. The zero-order valence-corrected chi connectivity index (χ0v) is 12.9. The molecule has 0 aromatic carbocycles. The van der Waals surface area contributed by atoms with E-state index >= 15 is 0 Å². The van der Waals surface area contributed by atoms with Gasteiger partial charge in [0.25, 0.3) is 0 Å². The van der Waals surface area contributed by atoms with Crippen LogP contribution in [0.4, 0.5) is 11.6 Å². The van der Waals surface area contributed by atoms with Gasteiger partial charge in [0.15, 0.2) is 0 Å². The van der Waals surface area contributed by atoms with E-state index in [4.69, 9.17) is 5.73 Å². The molecule has 0 bridgehead atoms. The monoisotopic (exact) mass is 291 g/mol. The Morgan fingerprint density at radius 2 is 1.90 bits per heavy atom. The minimum absolute atomic E-state index is 0.237. The molecule has 4 N–H and O–H groups in total. The second-order valence-electron chi connectivity index (χ2n) is 5.56. The van der Waals surface area contributed by atoms with Crippen LogP contribution in [-0.4, -0.2) is 29.0 Å². The maximum atomic E-state index is 10.7. The van der Waals surface area contributed by atoms with Gasteiger partial charge in [-0.25, -0.2) is 9.97 Å². The van der Waals surface area contributed by atoms with Crippen molar-refractivity contribution in [3.05, 3.63) is 11.4 Å². The van der Waals surface area contributed by atoms with Crippen LogP contribution < -0.4 is 16.4 Å². The number of nitrogens with two attached hydrogens (primary N) is 1. The van der Waals surface area contributed by atoms with Gasteiger partial charge in [0.05, 0.1) is 0 Å². The summed E-state index contributed by atoms with van der Waals surface area (Å²) in [5.41, 5.74) is 6.19. The fourth-order valence-electron chi connectivity index (χ4n) is 2.20. The molecule has 116 valence electrons. The molecule has 1 amide bonds. The van der Waals surface area contributed by atoms with Crippen molar-refractivity contribution in [2.24, 2.45) is 5.73 Å². The Morgan fingerprint density at radius 1 is 1.24 bits per heavy atom. The van der Waals surface area contributed by atoms with Crippen molar-refractivity contribution >= 4 is 17.5 Å². The van der Waals surface area contributed by atoms with Crippen LogP contribution in [0, 0.1) is 6.92 Å². The zero-order chi connectivity index (χ0) is 15.2. The fourth-order valence-corrected chi connectivity index (χ4v) is 2.20. The predicted molar refractivity (Wildman–Crippen MR) is 84.4 cm³/mol. The molecule has 1 aliphatic rings. The van der Waals surface area contributed by atoms with Crippen LogP contribution in [0.1, 0.15) is 56.3 Å². The highest BCUT2D eigenvalue weighted by Crippen LogP contribution is 2.39. The molecule has 0 radical (unpaired) electrons. The molecule has 0 atom stereocenters. The average molecular weight is 291 g/mol. The molecule has 21 heavy (non-hydrogen) atoms. The molecule has 0 unspecified atom stereocenters. The maximum absolute atomic E-state index is 10.7. The minimum atomic E-state index is -0.237. The van der Waals surface area contributed by atoms with E-state index in [2.05, 4.69) is 27.5 Å². The smallest absolute Gasteiger partial charge is 0.217 e. The van der Waals surface area contributed by atoms with Gasteiger partial charge in [-0.3, -0.25) is 4.79 Å². The number of anilines is 2. The molecule has 0 spiro atoms. The highest BCUT2D eigenvalue weighted by molar-refractivity contribution is 5.73. The summed E-state index contributed by atoms with van der Waals surface area (Å²) in [4.78, 5) is 20.0.